The van der Waals surface area contributed by atoms with Gasteiger partial charge in [-0.2, -0.15) is 0 Å². The van der Waals surface area contributed by atoms with Gasteiger partial charge >= 0.3 is 12.0 Å². The Morgan fingerprint density at radius 1 is 1.11 bits per heavy atom. The quantitative estimate of drug-likeness (QED) is 0.715. The summed E-state index contributed by atoms with van der Waals surface area (Å²) >= 11 is 0. The summed E-state index contributed by atoms with van der Waals surface area (Å²) < 4.78 is 5.39. The third kappa shape index (κ3) is 6.08. The zero-order valence-corrected chi connectivity index (χ0v) is 16.4. The first-order chi connectivity index (χ1) is 12.9. The minimum atomic E-state index is -1.04. The van der Waals surface area contributed by atoms with Crippen LogP contribution >= 0.6 is 0 Å². The molecule has 1 aromatic carbocycles. The Morgan fingerprint density at radius 2 is 1.74 bits per heavy atom. The maximum absolute atomic E-state index is 12.7. The summed E-state index contributed by atoms with van der Waals surface area (Å²) in [5, 5.41) is 5.05. The van der Waals surface area contributed by atoms with Gasteiger partial charge < -0.3 is 10.1 Å². The van der Waals surface area contributed by atoms with Crippen molar-refractivity contribution < 1.29 is 19.1 Å². The summed E-state index contributed by atoms with van der Waals surface area (Å²) in [6, 6.07) is 9.00. The Balaban J connectivity index is 1.93. The topological polar surface area (TPSA) is 84.5 Å². The second-order valence-electron chi connectivity index (χ2n) is 7.30. The van der Waals surface area contributed by atoms with Crippen molar-refractivity contribution in [1.82, 2.24) is 10.6 Å². The van der Waals surface area contributed by atoms with Crippen molar-refractivity contribution in [2.24, 2.45) is 5.92 Å². The first-order valence-corrected chi connectivity index (χ1v) is 9.79. The molecule has 0 bridgehead atoms. The van der Waals surface area contributed by atoms with Gasteiger partial charge in [-0.05, 0) is 31.2 Å². The van der Waals surface area contributed by atoms with Gasteiger partial charge in [-0.15, -0.1) is 0 Å². The van der Waals surface area contributed by atoms with Gasteiger partial charge in [-0.25, -0.2) is 4.79 Å². The highest BCUT2D eigenvalue weighted by Crippen LogP contribution is 2.28. The number of carbonyl (C=O) groups is 3. The first kappa shape index (κ1) is 20.9. The van der Waals surface area contributed by atoms with Gasteiger partial charge in [0.2, 0.25) is 0 Å². The van der Waals surface area contributed by atoms with Gasteiger partial charge in [0.1, 0.15) is 0 Å². The van der Waals surface area contributed by atoms with Gasteiger partial charge in [0.05, 0.1) is 5.92 Å². The molecule has 0 aromatic heterocycles. The highest BCUT2D eigenvalue weighted by molar-refractivity contribution is 5.97. The van der Waals surface area contributed by atoms with Crippen LogP contribution in [0.25, 0.3) is 0 Å². The third-order valence-electron chi connectivity index (χ3n) is 5.21. The van der Waals surface area contributed by atoms with E-state index in [1.165, 1.54) is 6.92 Å². The normalized spacial score (nSPS) is 17.6. The molecule has 27 heavy (non-hydrogen) atoms. The molecule has 6 heteroatoms. The van der Waals surface area contributed by atoms with Crippen LogP contribution in [-0.4, -0.2) is 30.1 Å². The lowest BCUT2D eigenvalue weighted by atomic mass is 9.85. The second-order valence-corrected chi connectivity index (χ2v) is 7.30. The molecule has 148 valence electrons. The Bertz CT molecular complexity index is 641. The molecule has 1 saturated carbocycles. The van der Waals surface area contributed by atoms with E-state index in [2.05, 4.69) is 10.6 Å². The van der Waals surface area contributed by atoms with E-state index in [-0.39, 0.29) is 12.0 Å². The summed E-state index contributed by atoms with van der Waals surface area (Å²) in [5.74, 6) is -1.44. The molecular weight excluding hydrogens is 344 g/mol. The van der Waals surface area contributed by atoms with Gasteiger partial charge in [-0.3, -0.25) is 14.9 Å². The van der Waals surface area contributed by atoms with E-state index in [0.717, 1.165) is 37.7 Å². The number of ether oxygens (including phenoxy) is 1. The summed E-state index contributed by atoms with van der Waals surface area (Å²) in [4.78, 5) is 36.9. The van der Waals surface area contributed by atoms with Crippen LogP contribution in [0.1, 0.15) is 64.4 Å². The Hall–Kier alpha value is -2.37. The number of urea groups is 1. The van der Waals surface area contributed by atoms with Crippen LogP contribution in [0.2, 0.25) is 0 Å². The molecule has 0 spiro atoms. The van der Waals surface area contributed by atoms with Crippen molar-refractivity contribution in [3.63, 3.8) is 0 Å². The predicted octanol–water partition coefficient (Wildman–Crippen LogP) is 3.52. The molecule has 2 rings (SSSR count). The molecule has 1 aliphatic carbocycles. The van der Waals surface area contributed by atoms with Crippen molar-refractivity contribution in [1.29, 1.82) is 0 Å². The third-order valence-corrected chi connectivity index (χ3v) is 5.21. The predicted molar refractivity (Wildman–Crippen MR) is 103 cm³/mol. The van der Waals surface area contributed by atoms with E-state index in [9.17, 15) is 14.4 Å². The van der Waals surface area contributed by atoms with Crippen LogP contribution < -0.4 is 10.6 Å². The van der Waals surface area contributed by atoms with E-state index in [0.29, 0.717) is 0 Å². The van der Waals surface area contributed by atoms with Crippen LogP contribution in [0.5, 0.6) is 0 Å². The highest BCUT2D eigenvalue weighted by Gasteiger charge is 2.30. The van der Waals surface area contributed by atoms with E-state index >= 15 is 0 Å². The fourth-order valence-corrected chi connectivity index (χ4v) is 3.40. The van der Waals surface area contributed by atoms with Crippen LogP contribution in [0.15, 0.2) is 30.3 Å². The number of amides is 3. The van der Waals surface area contributed by atoms with E-state index in [4.69, 9.17) is 4.74 Å². The van der Waals surface area contributed by atoms with E-state index in [1.807, 2.05) is 44.2 Å². The van der Waals surface area contributed by atoms with E-state index < -0.39 is 29.9 Å². The van der Waals surface area contributed by atoms with Crippen molar-refractivity contribution in [2.45, 2.75) is 70.9 Å². The smallest absolute Gasteiger partial charge is 0.321 e. The zero-order valence-electron chi connectivity index (χ0n) is 16.4. The number of hydrogen-bond donors (Lipinski definition) is 2. The van der Waals surface area contributed by atoms with Crippen molar-refractivity contribution in [3.05, 3.63) is 35.9 Å². The molecular formula is C21H30N2O4. The number of nitrogens with one attached hydrogen (secondary N) is 2. The molecule has 1 aliphatic rings. The summed E-state index contributed by atoms with van der Waals surface area (Å²) in [5.41, 5.74) is 0.864. The average Bonchev–Trinajstić information content (AvgIpc) is 3.15. The minimum Gasteiger partial charge on any atom is -0.452 e. The zero-order chi connectivity index (χ0) is 19.8. The second kappa shape index (κ2) is 10.1. The van der Waals surface area contributed by atoms with Gasteiger partial charge in [0.25, 0.3) is 5.91 Å². The van der Waals surface area contributed by atoms with E-state index in [1.54, 1.807) is 0 Å². The molecule has 0 aliphatic heterocycles. The molecule has 2 N–H and O–H groups in total. The van der Waals surface area contributed by atoms with Crippen LogP contribution in [0.3, 0.4) is 0 Å². The lowest BCUT2D eigenvalue weighted by Crippen LogP contribution is -2.47. The summed E-state index contributed by atoms with van der Waals surface area (Å²) in [6.45, 7) is 5.48. The molecule has 1 fully saturated rings. The van der Waals surface area contributed by atoms with Crippen molar-refractivity contribution >= 4 is 17.9 Å². The molecule has 0 heterocycles. The molecule has 6 nitrogen and oxygen atoms in total. The molecule has 3 atom stereocenters. The summed E-state index contributed by atoms with van der Waals surface area (Å²) in [6.07, 6.45) is 3.80. The number of carbonyl (C=O) groups excluding carboxylic acids is 3. The Labute approximate surface area is 161 Å². The van der Waals surface area contributed by atoms with Crippen LogP contribution in [-0.2, 0) is 14.3 Å². The average molecular weight is 374 g/mol. The van der Waals surface area contributed by atoms with Crippen LogP contribution in [0, 0.1) is 5.92 Å². The molecule has 1 aromatic rings. The fourth-order valence-electron chi connectivity index (χ4n) is 3.40. The highest BCUT2D eigenvalue weighted by atomic mass is 16.5. The molecule has 0 radical (unpaired) electrons. The molecule has 3 amide bonds. The number of benzene rings is 1. The number of esters is 1. The van der Waals surface area contributed by atoms with Crippen molar-refractivity contribution in [3.8, 4) is 0 Å². The number of hydrogen-bond acceptors (Lipinski definition) is 4. The molecule has 0 saturated heterocycles. The monoisotopic (exact) mass is 374 g/mol. The summed E-state index contributed by atoms with van der Waals surface area (Å²) in [7, 11) is 0. The first-order valence-electron chi connectivity index (χ1n) is 9.79. The number of rotatable bonds is 7. The maximum atomic E-state index is 12.7. The largest absolute Gasteiger partial charge is 0.452 e. The number of imide groups is 1. The fraction of sp³-hybridized carbons (Fsp3) is 0.571. The Morgan fingerprint density at radius 3 is 2.33 bits per heavy atom. The maximum Gasteiger partial charge on any atom is 0.321 e. The molecule has 0 unspecified atom stereocenters. The lowest BCUT2D eigenvalue weighted by Gasteiger charge is -2.24. The van der Waals surface area contributed by atoms with Gasteiger partial charge in [-0.1, -0.05) is 63.4 Å². The van der Waals surface area contributed by atoms with Crippen molar-refractivity contribution in [2.75, 3.05) is 0 Å². The van der Waals surface area contributed by atoms with Gasteiger partial charge in [0, 0.05) is 6.04 Å². The lowest BCUT2D eigenvalue weighted by molar-refractivity contribution is -0.157. The SMILES string of the molecule is CC[C@@H](C)[C@H](C(=O)O[C@@H](C)C(=O)NC(=O)NC1CCCC1)c1ccccc1. The standard InChI is InChI=1S/C21H30N2O4/c1-4-14(2)18(16-10-6-5-7-11-16)20(25)27-15(3)19(24)23-21(26)22-17-12-8-9-13-17/h5-7,10-11,14-15,17-18H,4,8-9,12-13H2,1-3H3,(H2,22,23,24,26)/t14-,15+,18+/m1/s1. The minimum absolute atomic E-state index is 0.0702. The Kier molecular flexibility index (Phi) is 7.82. The van der Waals surface area contributed by atoms with Gasteiger partial charge in [0.15, 0.2) is 6.10 Å². The van der Waals surface area contributed by atoms with Crippen LogP contribution in [0.4, 0.5) is 4.79 Å².